The van der Waals surface area contributed by atoms with Gasteiger partial charge in [0.15, 0.2) is 5.82 Å². The molecule has 0 spiro atoms. The fourth-order valence-electron chi connectivity index (χ4n) is 4.66. The van der Waals surface area contributed by atoms with Crippen molar-refractivity contribution in [3.63, 3.8) is 0 Å². The molecule has 32 heavy (non-hydrogen) atoms. The van der Waals surface area contributed by atoms with E-state index in [1.165, 1.54) is 0 Å². The molecule has 2 aliphatic rings. The maximum absolute atomic E-state index is 13.1. The van der Waals surface area contributed by atoms with E-state index < -0.39 is 0 Å². The Morgan fingerprint density at radius 1 is 1.16 bits per heavy atom. The van der Waals surface area contributed by atoms with Crippen LogP contribution in [0, 0.1) is 6.92 Å². The van der Waals surface area contributed by atoms with Crippen molar-refractivity contribution in [3.05, 3.63) is 70.9 Å². The summed E-state index contributed by atoms with van der Waals surface area (Å²) in [6, 6.07) is 9.74. The molecule has 8 nitrogen and oxygen atoms in total. The van der Waals surface area contributed by atoms with Crippen molar-refractivity contribution in [1.82, 2.24) is 24.6 Å². The summed E-state index contributed by atoms with van der Waals surface area (Å²) in [7, 11) is 1.80. The summed E-state index contributed by atoms with van der Waals surface area (Å²) in [6.45, 7) is 3.11. The van der Waals surface area contributed by atoms with Gasteiger partial charge < -0.3 is 4.90 Å². The molecule has 0 N–H and O–H groups in total. The zero-order valence-corrected chi connectivity index (χ0v) is 18.4. The molecule has 2 aromatic heterocycles. The van der Waals surface area contributed by atoms with Crippen LogP contribution in [0.15, 0.2) is 42.7 Å². The van der Waals surface area contributed by atoms with Gasteiger partial charge >= 0.3 is 0 Å². The van der Waals surface area contributed by atoms with Crippen LogP contribution in [0.25, 0.3) is 0 Å². The standard InChI is InChI=1S/C24H26N6O2/c1-16-19-10-11-21(31)30(14-17-7-4-3-5-8-17)23(19)27-22(26-16)20-9-6-12-29(20)24(32)18-13-25-28(2)15-18/h3-5,7-8,13,15,20H,6,9-12,14H2,1-2H3/t20-/m1/s1. The minimum Gasteiger partial charge on any atom is -0.328 e. The molecule has 3 aromatic rings. The van der Waals surface area contributed by atoms with Crippen molar-refractivity contribution in [2.75, 3.05) is 11.4 Å². The van der Waals surface area contributed by atoms with E-state index in [0.717, 1.165) is 29.7 Å². The highest BCUT2D eigenvalue weighted by Gasteiger charge is 2.35. The molecule has 5 rings (SSSR count). The minimum absolute atomic E-state index is 0.0585. The molecule has 0 aliphatic carbocycles. The number of benzene rings is 1. The Morgan fingerprint density at radius 2 is 1.97 bits per heavy atom. The Balaban J connectivity index is 1.50. The highest BCUT2D eigenvalue weighted by molar-refractivity contribution is 5.95. The number of rotatable bonds is 4. The van der Waals surface area contributed by atoms with E-state index in [1.807, 2.05) is 42.2 Å². The Kier molecular flexibility index (Phi) is 5.20. The molecule has 1 saturated heterocycles. The summed E-state index contributed by atoms with van der Waals surface area (Å²) < 4.78 is 1.63. The molecule has 1 fully saturated rings. The van der Waals surface area contributed by atoms with Crippen LogP contribution in [0.3, 0.4) is 0 Å². The van der Waals surface area contributed by atoms with Gasteiger partial charge in [-0.05, 0) is 31.7 Å². The zero-order chi connectivity index (χ0) is 22.2. The largest absolute Gasteiger partial charge is 0.328 e. The third-order valence-corrected chi connectivity index (χ3v) is 6.30. The summed E-state index contributed by atoms with van der Waals surface area (Å²) in [5.74, 6) is 1.31. The minimum atomic E-state index is -0.206. The molecule has 4 heterocycles. The second-order valence-corrected chi connectivity index (χ2v) is 8.49. The second-order valence-electron chi connectivity index (χ2n) is 8.49. The van der Waals surface area contributed by atoms with Gasteiger partial charge in [0.1, 0.15) is 5.82 Å². The number of nitrogens with zero attached hydrogens (tertiary/aromatic N) is 6. The molecule has 0 unspecified atom stereocenters. The van der Waals surface area contributed by atoms with Crippen molar-refractivity contribution in [2.24, 2.45) is 7.05 Å². The Labute approximate surface area is 186 Å². The molecule has 0 radical (unpaired) electrons. The van der Waals surface area contributed by atoms with Crippen molar-refractivity contribution in [2.45, 2.75) is 45.2 Å². The lowest BCUT2D eigenvalue weighted by Crippen LogP contribution is -2.37. The number of likely N-dealkylation sites (tertiary alicyclic amines) is 1. The van der Waals surface area contributed by atoms with Crippen molar-refractivity contribution in [1.29, 1.82) is 0 Å². The summed E-state index contributed by atoms with van der Waals surface area (Å²) >= 11 is 0. The molecular formula is C24H26N6O2. The molecule has 2 aliphatic heterocycles. The first-order valence-corrected chi connectivity index (χ1v) is 11.0. The third-order valence-electron chi connectivity index (χ3n) is 6.30. The first-order chi connectivity index (χ1) is 15.5. The van der Waals surface area contributed by atoms with Gasteiger partial charge in [0.2, 0.25) is 5.91 Å². The van der Waals surface area contributed by atoms with Gasteiger partial charge in [-0.3, -0.25) is 19.2 Å². The van der Waals surface area contributed by atoms with E-state index in [9.17, 15) is 9.59 Å². The molecular weight excluding hydrogens is 404 g/mol. The Morgan fingerprint density at radius 3 is 2.72 bits per heavy atom. The number of fused-ring (bicyclic) bond motifs is 1. The number of aryl methyl sites for hydroxylation is 2. The average molecular weight is 431 g/mol. The smallest absolute Gasteiger partial charge is 0.257 e. The number of hydrogen-bond donors (Lipinski definition) is 0. The van der Waals surface area contributed by atoms with Gasteiger partial charge in [0.25, 0.3) is 5.91 Å². The zero-order valence-electron chi connectivity index (χ0n) is 18.4. The first-order valence-electron chi connectivity index (χ1n) is 11.0. The number of anilines is 1. The van der Waals surface area contributed by atoms with Crippen LogP contribution >= 0.6 is 0 Å². The van der Waals surface area contributed by atoms with Crippen LogP contribution < -0.4 is 4.90 Å². The number of carbonyl (C=O) groups is 2. The lowest BCUT2D eigenvalue weighted by molar-refractivity contribution is -0.119. The monoisotopic (exact) mass is 430 g/mol. The van der Waals surface area contributed by atoms with Crippen molar-refractivity contribution in [3.8, 4) is 0 Å². The predicted molar refractivity (Wildman–Crippen MR) is 119 cm³/mol. The van der Waals surface area contributed by atoms with E-state index >= 15 is 0 Å². The van der Waals surface area contributed by atoms with Gasteiger partial charge in [-0.25, -0.2) is 9.97 Å². The van der Waals surface area contributed by atoms with Crippen LogP contribution in [0.4, 0.5) is 5.82 Å². The van der Waals surface area contributed by atoms with Gasteiger partial charge in [0, 0.05) is 37.5 Å². The van der Waals surface area contributed by atoms with Gasteiger partial charge in [0.05, 0.1) is 24.3 Å². The van der Waals surface area contributed by atoms with Crippen LogP contribution in [-0.2, 0) is 24.8 Å². The molecule has 8 heteroatoms. The first kappa shape index (κ1) is 20.4. The van der Waals surface area contributed by atoms with Gasteiger partial charge in [-0.2, -0.15) is 5.10 Å². The van der Waals surface area contributed by atoms with Crippen LogP contribution in [0.5, 0.6) is 0 Å². The maximum Gasteiger partial charge on any atom is 0.257 e. The van der Waals surface area contributed by atoms with Crippen molar-refractivity contribution >= 4 is 17.6 Å². The van der Waals surface area contributed by atoms with Gasteiger partial charge in [-0.1, -0.05) is 30.3 Å². The second kappa shape index (κ2) is 8.18. The molecule has 1 atom stereocenters. The Hall–Kier alpha value is -3.55. The summed E-state index contributed by atoms with van der Waals surface area (Å²) in [5.41, 5.74) is 3.53. The lowest BCUT2D eigenvalue weighted by Gasteiger charge is -2.31. The maximum atomic E-state index is 13.1. The van der Waals surface area contributed by atoms with E-state index in [-0.39, 0.29) is 17.9 Å². The number of aromatic nitrogens is 4. The van der Waals surface area contributed by atoms with E-state index in [1.54, 1.807) is 29.0 Å². The molecule has 1 aromatic carbocycles. The number of hydrogen-bond acceptors (Lipinski definition) is 5. The van der Waals surface area contributed by atoms with E-state index in [4.69, 9.17) is 9.97 Å². The van der Waals surface area contributed by atoms with E-state index in [0.29, 0.717) is 43.1 Å². The van der Waals surface area contributed by atoms with Gasteiger partial charge in [-0.15, -0.1) is 0 Å². The number of amides is 2. The molecule has 0 saturated carbocycles. The Bertz CT molecular complexity index is 1170. The quantitative estimate of drug-likeness (QED) is 0.635. The van der Waals surface area contributed by atoms with E-state index in [2.05, 4.69) is 5.10 Å². The summed E-state index contributed by atoms with van der Waals surface area (Å²) in [5, 5.41) is 4.13. The highest BCUT2D eigenvalue weighted by Crippen LogP contribution is 2.35. The number of carbonyl (C=O) groups excluding carboxylic acids is 2. The normalized spacial score (nSPS) is 18.2. The average Bonchev–Trinajstić information content (AvgIpc) is 3.45. The molecule has 164 valence electrons. The van der Waals surface area contributed by atoms with Crippen LogP contribution in [0.1, 0.15) is 58.3 Å². The summed E-state index contributed by atoms with van der Waals surface area (Å²) in [6.07, 6.45) is 6.13. The van der Waals surface area contributed by atoms with Crippen molar-refractivity contribution < 1.29 is 9.59 Å². The lowest BCUT2D eigenvalue weighted by atomic mass is 10.0. The summed E-state index contributed by atoms with van der Waals surface area (Å²) in [4.78, 5) is 39.3. The highest BCUT2D eigenvalue weighted by atomic mass is 16.2. The molecule has 0 bridgehead atoms. The van der Waals surface area contributed by atoms with Crippen LogP contribution in [0.2, 0.25) is 0 Å². The fourth-order valence-corrected chi connectivity index (χ4v) is 4.66. The molecule has 2 amide bonds. The van der Waals surface area contributed by atoms with Crippen LogP contribution in [-0.4, -0.2) is 43.0 Å². The fraction of sp³-hybridized carbons (Fsp3) is 0.375. The third kappa shape index (κ3) is 3.66. The topological polar surface area (TPSA) is 84.2 Å². The SMILES string of the molecule is Cc1nc([C@H]2CCCN2C(=O)c2cnn(C)c2)nc2c1CCC(=O)N2Cc1ccccc1. The predicted octanol–water partition coefficient (Wildman–Crippen LogP) is 2.98.